The van der Waals surface area contributed by atoms with E-state index in [0.717, 1.165) is 37.9 Å². The summed E-state index contributed by atoms with van der Waals surface area (Å²) in [5, 5.41) is 23.4. The van der Waals surface area contributed by atoms with Crippen molar-refractivity contribution >= 4 is 34.0 Å². The Morgan fingerprint density at radius 3 is 2.37 bits per heavy atom. The van der Waals surface area contributed by atoms with Gasteiger partial charge in [-0.25, -0.2) is 4.39 Å². The van der Waals surface area contributed by atoms with Crippen molar-refractivity contribution in [3.63, 3.8) is 0 Å². The molecule has 0 bridgehead atoms. The average molecular weight is 474 g/mol. The van der Waals surface area contributed by atoms with Gasteiger partial charge in [-0.2, -0.15) is 4.80 Å². The number of hydrogen-bond acceptors (Lipinski definition) is 6. The molecule has 0 spiro atoms. The van der Waals surface area contributed by atoms with Crippen LogP contribution in [0.15, 0.2) is 54.6 Å². The standard InChI is InChI=1S/C25H23FN6O3/c1-16-13-21-22(29-31(28-21)19-8-6-18(26)7-9-19)15-20(16)27-25(33)17-5-10-23(24(14-17)32(34)35)30-11-3-2-4-12-30/h5-10,13-15H,2-4,11-12H2,1H3,(H,27,33). The van der Waals surface area contributed by atoms with Gasteiger partial charge in [0, 0.05) is 30.4 Å². The minimum absolute atomic E-state index is 0.0750. The lowest BCUT2D eigenvalue weighted by Gasteiger charge is -2.28. The predicted octanol–water partition coefficient (Wildman–Crippen LogP) is 5.02. The number of carbonyl (C=O) groups is 1. The number of carbonyl (C=O) groups excluding carboxylic acids is 1. The van der Waals surface area contributed by atoms with Gasteiger partial charge in [-0.05, 0) is 80.3 Å². The van der Waals surface area contributed by atoms with Crippen molar-refractivity contribution in [1.29, 1.82) is 0 Å². The Labute approximate surface area is 200 Å². The lowest BCUT2D eigenvalue weighted by molar-refractivity contribution is -0.384. The highest BCUT2D eigenvalue weighted by atomic mass is 19.1. The molecule has 3 aromatic carbocycles. The van der Waals surface area contributed by atoms with Crippen molar-refractivity contribution in [3.8, 4) is 5.69 Å². The average Bonchev–Trinajstić information content (AvgIpc) is 3.27. The third-order valence-electron chi connectivity index (χ3n) is 6.16. The smallest absolute Gasteiger partial charge is 0.293 e. The van der Waals surface area contributed by atoms with Gasteiger partial charge in [0.15, 0.2) is 0 Å². The Morgan fingerprint density at radius 2 is 1.69 bits per heavy atom. The maximum absolute atomic E-state index is 13.2. The number of rotatable bonds is 5. The van der Waals surface area contributed by atoms with Crippen molar-refractivity contribution in [2.24, 2.45) is 0 Å². The maximum atomic E-state index is 13.2. The van der Waals surface area contributed by atoms with Crippen molar-refractivity contribution in [2.45, 2.75) is 26.2 Å². The fraction of sp³-hybridized carbons (Fsp3) is 0.240. The van der Waals surface area contributed by atoms with Crippen LogP contribution in [0.25, 0.3) is 16.7 Å². The number of aromatic nitrogens is 3. The summed E-state index contributed by atoms with van der Waals surface area (Å²) >= 11 is 0. The van der Waals surface area contributed by atoms with Crippen LogP contribution in [0.2, 0.25) is 0 Å². The van der Waals surface area contributed by atoms with Crippen LogP contribution in [-0.4, -0.2) is 38.9 Å². The second-order valence-corrected chi connectivity index (χ2v) is 8.58. The molecule has 0 radical (unpaired) electrons. The molecule has 4 aromatic rings. The van der Waals surface area contributed by atoms with Crippen molar-refractivity contribution in [3.05, 3.63) is 81.7 Å². The monoisotopic (exact) mass is 474 g/mol. The maximum Gasteiger partial charge on any atom is 0.293 e. The minimum atomic E-state index is -0.452. The van der Waals surface area contributed by atoms with Crippen LogP contribution in [-0.2, 0) is 0 Å². The number of fused-ring (bicyclic) bond motifs is 1. The van der Waals surface area contributed by atoms with E-state index in [0.29, 0.717) is 28.1 Å². The Kier molecular flexibility index (Phi) is 5.86. The number of halogens is 1. The predicted molar refractivity (Wildman–Crippen MR) is 131 cm³/mol. The van der Waals surface area contributed by atoms with E-state index in [2.05, 4.69) is 15.5 Å². The highest BCUT2D eigenvalue weighted by Crippen LogP contribution is 2.32. The molecular weight excluding hydrogens is 451 g/mol. The normalized spacial score (nSPS) is 13.7. The summed E-state index contributed by atoms with van der Waals surface area (Å²) in [5.74, 6) is -0.804. The number of hydrogen-bond donors (Lipinski definition) is 1. The summed E-state index contributed by atoms with van der Waals surface area (Å²) in [6.07, 6.45) is 3.10. The fourth-order valence-electron chi connectivity index (χ4n) is 4.30. The second kappa shape index (κ2) is 9.13. The van der Waals surface area contributed by atoms with E-state index in [4.69, 9.17) is 0 Å². The molecule has 1 aliphatic rings. The fourth-order valence-corrected chi connectivity index (χ4v) is 4.30. The van der Waals surface area contributed by atoms with Gasteiger partial charge >= 0.3 is 0 Å². The molecule has 0 unspecified atom stereocenters. The molecule has 1 N–H and O–H groups in total. The summed E-state index contributed by atoms with van der Waals surface area (Å²) in [4.78, 5) is 27.7. The molecule has 0 aliphatic carbocycles. The molecule has 2 heterocycles. The zero-order chi connectivity index (χ0) is 24.5. The third-order valence-corrected chi connectivity index (χ3v) is 6.16. The topological polar surface area (TPSA) is 106 Å². The summed E-state index contributed by atoms with van der Waals surface area (Å²) in [6, 6.07) is 13.9. The van der Waals surface area contributed by atoms with Crippen molar-refractivity contribution in [1.82, 2.24) is 15.0 Å². The van der Waals surface area contributed by atoms with Gasteiger partial charge in [-0.15, -0.1) is 10.2 Å². The first kappa shape index (κ1) is 22.5. The number of nitro benzene ring substituents is 1. The Hall–Kier alpha value is -4.34. The van der Waals surface area contributed by atoms with Gasteiger partial charge < -0.3 is 10.2 Å². The van der Waals surface area contributed by atoms with Crippen molar-refractivity contribution < 1.29 is 14.1 Å². The first-order chi connectivity index (χ1) is 16.9. The van der Waals surface area contributed by atoms with E-state index in [9.17, 15) is 19.3 Å². The Bertz CT molecular complexity index is 1430. The van der Waals surface area contributed by atoms with Gasteiger partial charge in [0.25, 0.3) is 11.6 Å². The van der Waals surface area contributed by atoms with Crippen LogP contribution in [0.4, 0.5) is 21.5 Å². The summed E-state index contributed by atoms with van der Waals surface area (Å²) in [7, 11) is 0. The van der Waals surface area contributed by atoms with Crippen LogP contribution in [0, 0.1) is 22.9 Å². The summed E-state index contributed by atoms with van der Waals surface area (Å²) in [6.45, 7) is 3.36. The number of nitro groups is 1. The van der Waals surface area contributed by atoms with Crippen LogP contribution in [0.1, 0.15) is 35.2 Å². The molecule has 0 atom stereocenters. The van der Waals surface area contributed by atoms with E-state index in [-0.39, 0.29) is 17.1 Å². The number of benzene rings is 3. The van der Waals surface area contributed by atoms with Gasteiger partial charge in [-0.1, -0.05) is 0 Å². The van der Waals surface area contributed by atoms with E-state index in [1.54, 1.807) is 36.4 Å². The molecule has 0 saturated carbocycles. The molecule has 35 heavy (non-hydrogen) atoms. The number of amides is 1. The Morgan fingerprint density at radius 1 is 1.00 bits per heavy atom. The van der Waals surface area contributed by atoms with Crippen LogP contribution in [0.3, 0.4) is 0 Å². The van der Waals surface area contributed by atoms with Gasteiger partial charge in [-0.3, -0.25) is 14.9 Å². The van der Waals surface area contributed by atoms with Gasteiger partial charge in [0.1, 0.15) is 22.5 Å². The van der Waals surface area contributed by atoms with Gasteiger partial charge in [0.05, 0.1) is 10.6 Å². The summed E-state index contributed by atoms with van der Waals surface area (Å²) in [5.41, 5.74) is 3.72. The van der Waals surface area contributed by atoms with Crippen LogP contribution in [0.5, 0.6) is 0 Å². The second-order valence-electron chi connectivity index (χ2n) is 8.58. The number of aryl methyl sites for hydroxylation is 1. The van der Waals surface area contributed by atoms with Crippen LogP contribution >= 0.6 is 0 Å². The zero-order valence-electron chi connectivity index (χ0n) is 19.1. The lowest BCUT2D eigenvalue weighted by atomic mass is 10.1. The van der Waals surface area contributed by atoms with Crippen LogP contribution < -0.4 is 10.2 Å². The number of piperidine rings is 1. The molecular formula is C25H23FN6O3. The molecule has 9 nitrogen and oxygen atoms in total. The number of nitrogens with one attached hydrogen (secondary N) is 1. The zero-order valence-corrected chi connectivity index (χ0v) is 19.1. The molecule has 178 valence electrons. The third kappa shape index (κ3) is 4.54. The lowest BCUT2D eigenvalue weighted by Crippen LogP contribution is -2.30. The minimum Gasteiger partial charge on any atom is -0.366 e. The molecule has 5 rings (SSSR count). The largest absolute Gasteiger partial charge is 0.366 e. The van der Waals surface area contributed by atoms with E-state index in [1.807, 2.05) is 11.8 Å². The molecule has 1 fully saturated rings. The number of anilines is 2. The first-order valence-electron chi connectivity index (χ1n) is 11.4. The summed E-state index contributed by atoms with van der Waals surface area (Å²) < 4.78 is 13.2. The number of nitrogens with zero attached hydrogens (tertiary/aromatic N) is 5. The van der Waals surface area contributed by atoms with E-state index < -0.39 is 10.8 Å². The first-order valence-corrected chi connectivity index (χ1v) is 11.4. The SMILES string of the molecule is Cc1cc2nn(-c3ccc(F)cc3)nc2cc1NC(=O)c1ccc(N2CCCCC2)c([N+](=O)[O-])c1. The quantitative estimate of drug-likeness (QED) is 0.322. The van der Waals surface area contributed by atoms with E-state index in [1.165, 1.54) is 23.0 Å². The molecule has 1 saturated heterocycles. The van der Waals surface area contributed by atoms with Gasteiger partial charge in [0.2, 0.25) is 0 Å². The Balaban J connectivity index is 1.41. The highest BCUT2D eigenvalue weighted by Gasteiger charge is 2.23. The van der Waals surface area contributed by atoms with E-state index >= 15 is 0 Å². The van der Waals surface area contributed by atoms with Crippen molar-refractivity contribution in [2.75, 3.05) is 23.3 Å². The highest BCUT2D eigenvalue weighted by molar-refractivity contribution is 6.06. The molecule has 1 aliphatic heterocycles. The molecule has 1 amide bonds. The molecule has 10 heteroatoms. The molecule has 1 aromatic heterocycles.